The van der Waals surface area contributed by atoms with E-state index in [4.69, 9.17) is 4.74 Å². The summed E-state index contributed by atoms with van der Waals surface area (Å²) in [6, 6.07) is 12.2. The maximum absolute atomic E-state index is 5.25. The first-order valence-electron chi connectivity index (χ1n) is 5.92. The van der Waals surface area contributed by atoms with Crippen LogP contribution in [0.3, 0.4) is 0 Å². The van der Waals surface area contributed by atoms with Crippen molar-refractivity contribution in [2.45, 2.75) is 13.5 Å². The van der Waals surface area contributed by atoms with Gasteiger partial charge in [0.15, 0.2) is 0 Å². The van der Waals surface area contributed by atoms with Crippen LogP contribution in [0, 0.1) is 6.92 Å². The number of benzene rings is 2. The molecule has 2 aromatic carbocycles. The highest BCUT2D eigenvalue weighted by molar-refractivity contribution is 9.10. The van der Waals surface area contributed by atoms with Crippen LogP contribution in [0.4, 0.5) is 5.69 Å². The minimum Gasteiger partial charge on any atom is -0.497 e. The molecule has 2 nitrogen and oxygen atoms in total. The van der Waals surface area contributed by atoms with E-state index in [1.165, 1.54) is 11.1 Å². The molecule has 0 spiro atoms. The smallest absolute Gasteiger partial charge is 0.119 e. The van der Waals surface area contributed by atoms with Crippen molar-refractivity contribution >= 4 is 37.5 Å². The Labute approximate surface area is 130 Å². The molecule has 0 aliphatic carbocycles. The van der Waals surface area contributed by atoms with Gasteiger partial charge in [0.2, 0.25) is 0 Å². The van der Waals surface area contributed by atoms with Crippen LogP contribution in [0.5, 0.6) is 5.75 Å². The summed E-state index contributed by atoms with van der Waals surface area (Å²) in [6.07, 6.45) is 0. The SMILES string of the molecule is COc1ccc(Br)c(CNc2cc(Br)ccc2C)c1. The normalized spacial score (nSPS) is 10.3. The lowest BCUT2D eigenvalue weighted by Gasteiger charge is -2.12. The molecule has 0 saturated carbocycles. The molecule has 0 unspecified atom stereocenters. The van der Waals surface area contributed by atoms with Crippen LogP contribution in [0.1, 0.15) is 11.1 Å². The van der Waals surface area contributed by atoms with Gasteiger partial charge in [-0.05, 0) is 48.4 Å². The van der Waals surface area contributed by atoms with Gasteiger partial charge in [-0.15, -0.1) is 0 Å². The average molecular weight is 385 g/mol. The number of ether oxygens (including phenoxy) is 1. The van der Waals surface area contributed by atoms with Crippen LogP contribution in [0.15, 0.2) is 45.3 Å². The van der Waals surface area contributed by atoms with Gasteiger partial charge in [-0.25, -0.2) is 0 Å². The minimum absolute atomic E-state index is 0.745. The van der Waals surface area contributed by atoms with Gasteiger partial charge in [-0.3, -0.25) is 0 Å². The molecule has 100 valence electrons. The lowest BCUT2D eigenvalue weighted by atomic mass is 10.1. The average Bonchev–Trinajstić information content (AvgIpc) is 2.41. The third-order valence-corrected chi connectivity index (χ3v) is 4.19. The molecule has 2 aromatic rings. The first kappa shape index (κ1) is 14.4. The standard InChI is InChI=1S/C15H15Br2NO/c1-10-3-4-12(16)8-15(10)18-9-11-7-13(19-2)5-6-14(11)17/h3-8,18H,9H2,1-2H3. The van der Waals surface area contributed by atoms with Crippen molar-refractivity contribution in [3.63, 3.8) is 0 Å². The molecule has 0 heterocycles. The van der Waals surface area contributed by atoms with E-state index in [0.717, 1.165) is 26.9 Å². The van der Waals surface area contributed by atoms with Crippen LogP contribution in [-0.2, 0) is 6.54 Å². The Morgan fingerprint density at radius 3 is 2.63 bits per heavy atom. The van der Waals surface area contributed by atoms with E-state index in [-0.39, 0.29) is 0 Å². The van der Waals surface area contributed by atoms with Crippen LogP contribution < -0.4 is 10.1 Å². The largest absolute Gasteiger partial charge is 0.497 e. The van der Waals surface area contributed by atoms with Crippen molar-refractivity contribution in [2.75, 3.05) is 12.4 Å². The Bertz CT molecular complexity index is 584. The van der Waals surface area contributed by atoms with Gasteiger partial charge in [-0.2, -0.15) is 0 Å². The van der Waals surface area contributed by atoms with Gasteiger partial charge < -0.3 is 10.1 Å². The Morgan fingerprint density at radius 1 is 1.11 bits per heavy atom. The van der Waals surface area contributed by atoms with Crippen LogP contribution >= 0.6 is 31.9 Å². The topological polar surface area (TPSA) is 21.3 Å². The molecule has 0 aliphatic heterocycles. The van der Waals surface area contributed by atoms with Crippen LogP contribution in [0.25, 0.3) is 0 Å². The fourth-order valence-electron chi connectivity index (χ4n) is 1.79. The van der Waals surface area contributed by atoms with Crippen molar-refractivity contribution < 1.29 is 4.74 Å². The second-order valence-electron chi connectivity index (χ2n) is 4.27. The number of aryl methyl sites for hydroxylation is 1. The van der Waals surface area contributed by atoms with Crippen molar-refractivity contribution in [3.05, 3.63) is 56.5 Å². The maximum atomic E-state index is 5.25. The minimum atomic E-state index is 0.745. The molecule has 2 rings (SSSR count). The number of hydrogen-bond donors (Lipinski definition) is 1. The number of nitrogens with one attached hydrogen (secondary N) is 1. The highest BCUT2D eigenvalue weighted by Gasteiger charge is 2.04. The zero-order valence-corrected chi connectivity index (χ0v) is 14.0. The lowest BCUT2D eigenvalue weighted by molar-refractivity contribution is 0.414. The second-order valence-corrected chi connectivity index (χ2v) is 6.04. The molecule has 0 aromatic heterocycles. The zero-order valence-electron chi connectivity index (χ0n) is 10.8. The third kappa shape index (κ3) is 3.74. The van der Waals surface area contributed by atoms with E-state index in [1.54, 1.807) is 7.11 Å². The Morgan fingerprint density at radius 2 is 1.89 bits per heavy atom. The molecular formula is C15H15Br2NO. The Balaban J connectivity index is 2.16. The highest BCUT2D eigenvalue weighted by atomic mass is 79.9. The predicted molar refractivity (Wildman–Crippen MR) is 86.9 cm³/mol. The predicted octanol–water partition coefficient (Wildman–Crippen LogP) is 5.14. The fraction of sp³-hybridized carbons (Fsp3) is 0.200. The summed E-state index contributed by atoms with van der Waals surface area (Å²) in [5.74, 6) is 0.867. The monoisotopic (exact) mass is 383 g/mol. The quantitative estimate of drug-likeness (QED) is 0.787. The van der Waals surface area contributed by atoms with Crippen molar-refractivity contribution in [1.29, 1.82) is 0 Å². The molecule has 0 radical (unpaired) electrons. The molecule has 19 heavy (non-hydrogen) atoms. The van der Waals surface area contributed by atoms with Crippen LogP contribution in [0.2, 0.25) is 0 Å². The summed E-state index contributed by atoms with van der Waals surface area (Å²) in [6.45, 7) is 2.84. The molecule has 0 bridgehead atoms. The highest BCUT2D eigenvalue weighted by Crippen LogP contribution is 2.25. The van der Waals surface area contributed by atoms with Crippen LogP contribution in [-0.4, -0.2) is 7.11 Å². The van der Waals surface area contributed by atoms with Gasteiger partial charge in [0.25, 0.3) is 0 Å². The van der Waals surface area contributed by atoms with Gasteiger partial charge in [0, 0.05) is 21.2 Å². The molecule has 1 N–H and O–H groups in total. The van der Waals surface area contributed by atoms with Gasteiger partial charge in [-0.1, -0.05) is 37.9 Å². The van der Waals surface area contributed by atoms with Gasteiger partial charge in [0.05, 0.1) is 7.11 Å². The molecule has 0 saturated heterocycles. The summed E-state index contributed by atoms with van der Waals surface area (Å²) >= 11 is 7.05. The lowest BCUT2D eigenvalue weighted by Crippen LogP contribution is -2.02. The first-order valence-corrected chi connectivity index (χ1v) is 7.51. The summed E-state index contributed by atoms with van der Waals surface area (Å²) < 4.78 is 7.40. The molecule has 0 fully saturated rings. The first-order chi connectivity index (χ1) is 9.10. The molecule has 4 heteroatoms. The summed E-state index contributed by atoms with van der Waals surface area (Å²) in [4.78, 5) is 0. The van der Waals surface area contributed by atoms with E-state index in [1.807, 2.05) is 24.3 Å². The van der Waals surface area contributed by atoms with E-state index in [9.17, 15) is 0 Å². The van der Waals surface area contributed by atoms with E-state index in [2.05, 4.69) is 56.2 Å². The van der Waals surface area contributed by atoms with Crippen molar-refractivity contribution in [2.24, 2.45) is 0 Å². The van der Waals surface area contributed by atoms with E-state index >= 15 is 0 Å². The Hall–Kier alpha value is -1.00. The van der Waals surface area contributed by atoms with Crippen molar-refractivity contribution in [1.82, 2.24) is 0 Å². The third-order valence-electron chi connectivity index (χ3n) is 2.92. The van der Waals surface area contributed by atoms with E-state index < -0.39 is 0 Å². The van der Waals surface area contributed by atoms with Gasteiger partial charge in [0.1, 0.15) is 5.75 Å². The zero-order chi connectivity index (χ0) is 13.8. The Kier molecular flexibility index (Phi) is 4.88. The number of halogens is 2. The van der Waals surface area contributed by atoms with Gasteiger partial charge >= 0.3 is 0 Å². The summed E-state index contributed by atoms with van der Waals surface area (Å²) in [5, 5.41) is 3.45. The second kappa shape index (κ2) is 6.44. The summed E-state index contributed by atoms with van der Waals surface area (Å²) in [5.41, 5.74) is 3.52. The number of hydrogen-bond acceptors (Lipinski definition) is 2. The number of methoxy groups -OCH3 is 1. The molecule has 0 amide bonds. The number of rotatable bonds is 4. The maximum Gasteiger partial charge on any atom is 0.119 e. The molecule has 0 atom stereocenters. The molecular weight excluding hydrogens is 370 g/mol. The fourth-order valence-corrected chi connectivity index (χ4v) is 2.54. The van der Waals surface area contributed by atoms with E-state index in [0.29, 0.717) is 0 Å². The van der Waals surface area contributed by atoms with Crippen molar-refractivity contribution in [3.8, 4) is 5.75 Å². The summed E-state index contributed by atoms with van der Waals surface area (Å²) in [7, 11) is 1.68. The molecule has 0 aliphatic rings. The number of anilines is 1.